The fraction of sp³-hybridized carbons (Fsp3) is 1.00. The third-order valence-corrected chi connectivity index (χ3v) is 1.82. The van der Waals surface area contributed by atoms with Crippen molar-refractivity contribution in [1.29, 1.82) is 0 Å². The van der Waals surface area contributed by atoms with Gasteiger partial charge in [0.2, 0.25) is 0 Å². The van der Waals surface area contributed by atoms with Crippen LogP contribution in [0.2, 0.25) is 0 Å². The van der Waals surface area contributed by atoms with Gasteiger partial charge in [-0.3, -0.25) is 0 Å². The van der Waals surface area contributed by atoms with E-state index < -0.39 is 0 Å². The van der Waals surface area contributed by atoms with Crippen LogP contribution in [-0.4, -0.2) is 26.4 Å². The molecular formula is C12H26K2O3. The van der Waals surface area contributed by atoms with E-state index in [0.29, 0.717) is 0 Å². The van der Waals surface area contributed by atoms with E-state index in [4.69, 9.17) is 4.74 Å². The number of hydrogen-bond acceptors (Lipinski definition) is 3. The van der Waals surface area contributed by atoms with Crippen LogP contribution in [0.5, 0.6) is 0 Å². The average Bonchev–Trinajstić information content (AvgIpc) is 2.79. The Morgan fingerprint density at radius 3 is 1.24 bits per heavy atom. The molecule has 0 bridgehead atoms. The fourth-order valence-corrected chi connectivity index (χ4v) is 0.799. The van der Waals surface area contributed by atoms with Crippen molar-refractivity contribution in [3.05, 3.63) is 0 Å². The molecule has 94 valence electrons. The van der Waals surface area contributed by atoms with Gasteiger partial charge >= 0.3 is 103 Å². The Morgan fingerprint density at radius 1 is 0.824 bits per heavy atom. The van der Waals surface area contributed by atoms with Crippen molar-refractivity contribution in [1.82, 2.24) is 0 Å². The molecule has 0 unspecified atom stereocenters. The smallest absolute Gasteiger partial charge is 0.854 e. The van der Waals surface area contributed by atoms with Gasteiger partial charge < -0.3 is 14.9 Å². The molecule has 1 saturated heterocycles. The molecule has 1 heterocycles. The van der Waals surface area contributed by atoms with Crippen molar-refractivity contribution in [2.75, 3.05) is 26.4 Å². The quantitative estimate of drug-likeness (QED) is 0.489. The van der Waals surface area contributed by atoms with Crippen LogP contribution in [0.15, 0.2) is 0 Å². The first-order valence-electron chi connectivity index (χ1n) is 6.07. The van der Waals surface area contributed by atoms with Crippen molar-refractivity contribution in [3.8, 4) is 0 Å². The summed E-state index contributed by atoms with van der Waals surface area (Å²) in [4.78, 5) is 0. The van der Waals surface area contributed by atoms with Gasteiger partial charge in [0, 0.05) is 13.2 Å². The zero-order valence-electron chi connectivity index (χ0n) is 12.3. The van der Waals surface area contributed by atoms with E-state index in [1.165, 1.54) is 12.8 Å². The van der Waals surface area contributed by atoms with Gasteiger partial charge in [-0.1, -0.05) is 39.5 Å². The Hall–Kier alpha value is 3.15. The van der Waals surface area contributed by atoms with Crippen LogP contribution < -0.4 is 113 Å². The van der Waals surface area contributed by atoms with Gasteiger partial charge in [-0.05, 0) is 12.8 Å². The molecule has 1 aliphatic heterocycles. The van der Waals surface area contributed by atoms with E-state index in [2.05, 4.69) is 0 Å². The molecule has 1 fully saturated rings. The van der Waals surface area contributed by atoms with Crippen LogP contribution in [0.1, 0.15) is 52.4 Å². The Labute approximate surface area is 192 Å². The van der Waals surface area contributed by atoms with Crippen LogP contribution >= 0.6 is 0 Å². The molecular weight excluding hydrogens is 270 g/mol. The molecule has 0 amide bonds. The molecule has 0 spiro atoms. The second-order valence-electron chi connectivity index (χ2n) is 3.43. The Bertz CT molecular complexity index is 74.2. The molecule has 17 heavy (non-hydrogen) atoms. The molecule has 0 saturated carbocycles. The molecule has 0 aromatic carbocycles. The van der Waals surface area contributed by atoms with E-state index >= 15 is 0 Å². The van der Waals surface area contributed by atoms with Gasteiger partial charge in [-0.15, -0.1) is 13.2 Å². The molecule has 1 aliphatic rings. The molecule has 0 aliphatic carbocycles. The normalized spacial score (nSPS) is 12.0. The van der Waals surface area contributed by atoms with Gasteiger partial charge in [-0.2, -0.15) is 0 Å². The molecule has 0 atom stereocenters. The standard InChI is InChI=1S/C4H8O.2C4H9O.2K/c1-2-4-5-3-1;2*1-2-3-4-5;;/h1-4H2;2*2-4H2,1H3;;/q;2*-1;2*+1. The molecule has 0 N–H and O–H groups in total. The maximum absolute atomic E-state index is 9.53. The van der Waals surface area contributed by atoms with Crippen molar-refractivity contribution < 1.29 is 118 Å². The Kier molecular flexibility index (Phi) is 52.5. The minimum atomic E-state index is 0. The third-order valence-electron chi connectivity index (χ3n) is 1.82. The van der Waals surface area contributed by atoms with Crippen LogP contribution in [0.4, 0.5) is 0 Å². The summed E-state index contributed by atoms with van der Waals surface area (Å²) in [5.41, 5.74) is 0. The average molecular weight is 297 g/mol. The van der Waals surface area contributed by atoms with Crippen LogP contribution in [0, 0.1) is 0 Å². The van der Waals surface area contributed by atoms with Gasteiger partial charge in [-0.25, -0.2) is 0 Å². The first-order chi connectivity index (χ1) is 7.33. The molecule has 0 aromatic heterocycles. The zero-order chi connectivity index (χ0) is 11.8. The number of unbranched alkanes of at least 4 members (excludes halogenated alkanes) is 2. The summed E-state index contributed by atoms with van der Waals surface area (Å²) in [6.45, 7) is 6.21. The van der Waals surface area contributed by atoms with Crippen molar-refractivity contribution >= 4 is 0 Å². The fourth-order valence-electron chi connectivity index (χ4n) is 0.799. The van der Waals surface area contributed by atoms with Gasteiger partial charge in [0.15, 0.2) is 0 Å². The molecule has 3 nitrogen and oxygen atoms in total. The van der Waals surface area contributed by atoms with E-state index in [1.54, 1.807) is 0 Å². The zero-order valence-corrected chi connectivity index (χ0v) is 18.5. The SMILES string of the molecule is C1CCOC1.CCCC[O-].CCCC[O-].[K+].[K+]. The Morgan fingerprint density at radius 2 is 1.18 bits per heavy atom. The minimum Gasteiger partial charge on any atom is -0.854 e. The van der Waals surface area contributed by atoms with Gasteiger partial charge in [0.25, 0.3) is 0 Å². The largest absolute Gasteiger partial charge is 1.00 e. The van der Waals surface area contributed by atoms with Crippen LogP contribution in [0.3, 0.4) is 0 Å². The maximum atomic E-state index is 9.53. The van der Waals surface area contributed by atoms with E-state index in [9.17, 15) is 10.2 Å². The summed E-state index contributed by atoms with van der Waals surface area (Å²) in [6.07, 6.45) is 6.28. The second-order valence-corrected chi connectivity index (χ2v) is 3.43. The number of rotatable bonds is 4. The summed E-state index contributed by atoms with van der Waals surface area (Å²) in [5, 5.41) is 19.1. The predicted molar refractivity (Wildman–Crippen MR) is 59.6 cm³/mol. The Balaban J connectivity index is -0.0000000704. The number of hydrogen-bond donors (Lipinski definition) is 0. The number of ether oxygens (including phenoxy) is 1. The molecule has 1 rings (SSSR count). The predicted octanol–water partition coefficient (Wildman–Crippen LogP) is -4.90. The van der Waals surface area contributed by atoms with Gasteiger partial charge in [0.1, 0.15) is 0 Å². The van der Waals surface area contributed by atoms with Crippen LogP contribution in [0.25, 0.3) is 0 Å². The summed E-state index contributed by atoms with van der Waals surface area (Å²) < 4.78 is 4.94. The van der Waals surface area contributed by atoms with Crippen molar-refractivity contribution in [2.24, 2.45) is 0 Å². The minimum absolute atomic E-state index is 0. The van der Waals surface area contributed by atoms with Crippen LogP contribution in [-0.2, 0) is 4.74 Å². The summed E-state index contributed by atoms with van der Waals surface area (Å²) in [5.74, 6) is 0. The topological polar surface area (TPSA) is 55.3 Å². The summed E-state index contributed by atoms with van der Waals surface area (Å²) in [7, 11) is 0. The first kappa shape index (κ1) is 28.3. The van der Waals surface area contributed by atoms with E-state index in [-0.39, 0.29) is 116 Å². The maximum Gasteiger partial charge on any atom is 1.00 e. The second kappa shape index (κ2) is 31.5. The molecule has 5 heteroatoms. The monoisotopic (exact) mass is 296 g/mol. The summed E-state index contributed by atoms with van der Waals surface area (Å²) in [6, 6.07) is 0. The van der Waals surface area contributed by atoms with Crippen molar-refractivity contribution in [2.45, 2.75) is 52.4 Å². The molecule has 0 aromatic rings. The molecule has 0 radical (unpaired) electrons. The third kappa shape index (κ3) is 38.2. The summed E-state index contributed by atoms with van der Waals surface area (Å²) >= 11 is 0. The first-order valence-corrected chi connectivity index (χ1v) is 6.07. The van der Waals surface area contributed by atoms with Crippen molar-refractivity contribution in [3.63, 3.8) is 0 Å². The van der Waals surface area contributed by atoms with Gasteiger partial charge in [0.05, 0.1) is 0 Å². The van der Waals surface area contributed by atoms with E-state index in [1.807, 2.05) is 13.8 Å². The van der Waals surface area contributed by atoms with E-state index in [0.717, 1.165) is 38.9 Å².